The lowest BCUT2D eigenvalue weighted by atomic mass is 9.86. The number of carboxylic acids is 1. The van der Waals surface area contributed by atoms with E-state index in [1.807, 2.05) is 0 Å². The van der Waals surface area contributed by atoms with Crippen LogP contribution in [0.25, 0.3) is 0 Å². The van der Waals surface area contributed by atoms with E-state index in [9.17, 15) is 9.59 Å². The molecule has 0 aliphatic carbocycles. The first-order chi connectivity index (χ1) is 8.13. The number of nitrogens with one attached hydrogen (secondary N) is 1. The minimum absolute atomic E-state index is 0.0416. The summed E-state index contributed by atoms with van der Waals surface area (Å²) in [5.74, 6) is -0.736. The van der Waals surface area contributed by atoms with Crippen LogP contribution in [0.2, 0.25) is 0 Å². The topological polar surface area (TPSA) is 66.4 Å². The number of hydrogen-bond donors (Lipinski definition) is 2. The molecule has 4 heteroatoms. The zero-order chi connectivity index (χ0) is 12.4. The smallest absolute Gasteiger partial charge is 0.335 e. The fraction of sp³-hybridized carbons (Fsp3) is 0.385. The zero-order valence-corrected chi connectivity index (χ0v) is 9.64. The third-order valence-electron chi connectivity index (χ3n) is 3.33. The summed E-state index contributed by atoms with van der Waals surface area (Å²) < 4.78 is 0. The molecule has 1 amide bonds. The Kier molecular flexibility index (Phi) is 3.13. The number of amides is 1. The summed E-state index contributed by atoms with van der Waals surface area (Å²) in [4.78, 5) is 22.5. The molecule has 90 valence electrons. The van der Waals surface area contributed by atoms with Gasteiger partial charge in [-0.1, -0.05) is 25.5 Å². The van der Waals surface area contributed by atoms with Crippen molar-refractivity contribution >= 4 is 11.9 Å². The molecule has 1 unspecified atom stereocenters. The largest absolute Gasteiger partial charge is 0.478 e. The molecule has 0 aromatic heterocycles. The Morgan fingerprint density at radius 2 is 2.06 bits per heavy atom. The van der Waals surface area contributed by atoms with Gasteiger partial charge in [-0.2, -0.15) is 0 Å². The van der Waals surface area contributed by atoms with E-state index >= 15 is 0 Å². The summed E-state index contributed by atoms with van der Waals surface area (Å²) in [7, 11) is 0. The molecule has 4 nitrogen and oxygen atoms in total. The van der Waals surface area contributed by atoms with Crippen molar-refractivity contribution in [3.63, 3.8) is 0 Å². The molecule has 1 aromatic carbocycles. The van der Waals surface area contributed by atoms with Gasteiger partial charge in [-0.3, -0.25) is 4.79 Å². The van der Waals surface area contributed by atoms with Crippen molar-refractivity contribution in [3.8, 4) is 0 Å². The molecule has 1 aliphatic rings. The maximum absolute atomic E-state index is 11.7. The van der Waals surface area contributed by atoms with E-state index in [0.717, 1.165) is 12.0 Å². The lowest BCUT2D eigenvalue weighted by Crippen LogP contribution is -2.18. The van der Waals surface area contributed by atoms with Crippen molar-refractivity contribution in [1.29, 1.82) is 0 Å². The SMILES string of the molecule is CCC1CNC(=O)[C@H]1c1ccc(C(=O)O)cc1. The van der Waals surface area contributed by atoms with Crippen molar-refractivity contribution in [2.45, 2.75) is 19.3 Å². The quantitative estimate of drug-likeness (QED) is 0.833. The van der Waals surface area contributed by atoms with Crippen LogP contribution < -0.4 is 5.32 Å². The molecule has 2 rings (SSSR count). The van der Waals surface area contributed by atoms with E-state index in [4.69, 9.17) is 5.11 Å². The fourth-order valence-electron chi connectivity index (χ4n) is 2.31. The molecule has 17 heavy (non-hydrogen) atoms. The molecule has 2 N–H and O–H groups in total. The summed E-state index contributed by atoms with van der Waals surface area (Å²) in [5, 5.41) is 11.7. The van der Waals surface area contributed by atoms with E-state index in [1.165, 1.54) is 0 Å². The van der Waals surface area contributed by atoms with Gasteiger partial charge in [0.1, 0.15) is 0 Å². The number of benzene rings is 1. The molecule has 1 saturated heterocycles. The fourth-order valence-corrected chi connectivity index (χ4v) is 2.31. The van der Waals surface area contributed by atoms with Crippen LogP contribution in [0, 0.1) is 5.92 Å². The van der Waals surface area contributed by atoms with Crippen LogP contribution in [0.1, 0.15) is 35.2 Å². The molecule has 0 radical (unpaired) electrons. The molecule has 1 heterocycles. The average Bonchev–Trinajstić information content (AvgIpc) is 2.70. The molecular weight excluding hydrogens is 218 g/mol. The molecule has 2 atom stereocenters. The molecular formula is C13H15NO3. The number of carbonyl (C=O) groups is 2. The monoisotopic (exact) mass is 233 g/mol. The second kappa shape index (κ2) is 4.57. The van der Waals surface area contributed by atoms with Crippen LogP contribution in [0.3, 0.4) is 0 Å². The highest BCUT2D eigenvalue weighted by Gasteiger charge is 2.34. The van der Waals surface area contributed by atoms with E-state index < -0.39 is 5.97 Å². The van der Waals surface area contributed by atoms with Gasteiger partial charge in [-0.05, 0) is 23.6 Å². The van der Waals surface area contributed by atoms with Gasteiger partial charge in [0.05, 0.1) is 11.5 Å². The molecule has 1 aromatic rings. The van der Waals surface area contributed by atoms with Crippen LogP contribution in [-0.2, 0) is 4.79 Å². The van der Waals surface area contributed by atoms with Gasteiger partial charge in [0.2, 0.25) is 5.91 Å². The first kappa shape index (κ1) is 11.6. The van der Waals surface area contributed by atoms with Crippen LogP contribution in [0.4, 0.5) is 0 Å². The maximum atomic E-state index is 11.7. The zero-order valence-electron chi connectivity index (χ0n) is 9.64. The Hall–Kier alpha value is -1.84. The Balaban J connectivity index is 2.27. The van der Waals surface area contributed by atoms with E-state index in [-0.39, 0.29) is 17.4 Å². The highest BCUT2D eigenvalue weighted by Crippen LogP contribution is 2.31. The normalized spacial score (nSPS) is 23.5. The van der Waals surface area contributed by atoms with Crippen molar-refractivity contribution in [2.75, 3.05) is 6.54 Å². The van der Waals surface area contributed by atoms with Gasteiger partial charge < -0.3 is 10.4 Å². The van der Waals surface area contributed by atoms with E-state index in [0.29, 0.717) is 12.5 Å². The number of rotatable bonds is 3. The highest BCUT2D eigenvalue weighted by molar-refractivity contribution is 5.89. The first-order valence-electron chi connectivity index (χ1n) is 5.74. The van der Waals surface area contributed by atoms with E-state index in [2.05, 4.69) is 12.2 Å². The van der Waals surface area contributed by atoms with Crippen LogP contribution in [0.5, 0.6) is 0 Å². The molecule has 1 aliphatic heterocycles. The molecule has 0 spiro atoms. The third-order valence-corrected chi connectivity index (χ3v) is 3.33. The lowest BCUT2D eigenvalue weighted by Gasteiger charge is -2.15. The van der Waals surface area contributed by atoms with Crippen molar-refractivity contribution < 1.29 is 14.7 Å². The first-order valence-corrected chi connectivity index (χ1v) is 5.74. The second-order valence-electron chi connectivity index (χ2n) is 4.32. The molecule has 0 saturated carbocycles. The summed E-state index contributed by atoms with van der Waals surface area (Å²) in [6.07, 6.45) is 0.935. The predicted octanol–water partition coefficient (Wildman–Crippen LogP) is 1.62. The van der Waals surface area contributed by atoms with Gasteiger partial charge in [0.15, 0.2) is 0 Å². The van der Waals surface area contributed by atoms with Crippen LogP contribution in [-0.4, -0.2) is 23.5 Å². The summed E-state index contributed by atoms with van der Waals surface area (Å²) in [5.41, 5.74) is 1.15. The Morgan fingerprint density at radius 1 is 1.41 bits per heavy atom. The van der Waals surface area contributed by atoms with Crippen molar-refractivity contribution in [3.05, 3.63) is 35.4 Å². The van der Waals surface area contributed by atoms with Crippen molar-refractivity contribution in [1.82, 2.24) is 5.32 Å². The Morgan fingerprint density at radius 3 is 2.59 bits per heavy atom. The number of carboxylic acid groups (broad SMARTS) is 1. The maximum Gasteiger partial charge on any atom is 0.335 e. The van der Waals surface area contributed by atoms with Gasteiger partial charge in [-0.15, -0.1) is 0 Å². The van der Waals surface area contributed by atoms with E-state index in [1.54, 1.807) is 24.3 Å². The summed E-state index contributed by atoms with van der Waals surface area (Å²) in [6.45, 7) is 2.77. The second-order valence-corrected chi connectivity index (χ2v) is 4.32. The number of hydrogen-bond acceptors (Lipinski definition) is 2. The van der Waals surface area contributed by atoms with Gasteiger partial charge in [0.25, 0.3) is 0 Å². The Bertz CT molecular complexity index is 438. The lowest BCUT2D eigenvalue weighted by molar-refractivity contribution is -0.120. The number of aromatic carboxylic acids is 1. The van der Waals surface area contributed by atoms with Crippen LogP contribution in [0.15, 0.2) is 24.3 Å². The predicted molar refractivity (Wildman–Crippen MR) is 62.9 cm³/mol. The summed E-state index contributed by atoms with van der Waals surface area (Å²) in [6, 6.07) is 6.58. The Labute approximate surface area is 99.6 Å². The minimum atomic E-state index is -0.945. The highest BCUT2D eigenvalue weighted by atomic mass is 16.4. The molecule has 1 fully saturated rings. The standard InChI is InChI=1S/C13H15NO3/c1-2-8-7-14-12(15)11(8)9-3-5-10(6-4-9)13(16)17/h3-6,8,11H,2,7H2,1H3,(H,14,15)(H,16,17)/t8?,11-/m1/s1. The average molecular weight is 233 g/mol. The van der Waals surface area contributed by atoms with Crippen LogP contribution >= 0.6 is 0 Å². The number of carbonyl (C=O) groups excluding carboxylic acids is 1. The summed E-state index contributed by atoms with van der Waals surface area (Å²) >= 11 is 0. The third kappa shape index (κ3) is 2.16. The van der Waals surface area contributed by atoms with Gasteiger partial charge in [-0.25, -0.2) is 4.79 Å². The van der Waals surface area contributed by atoms with Gasteiger partial charge in [0, 0.05) is 6.54 Å². The van der Waals surface area contributed by atoms with Crippen molar-refractivity contribution in [2.24, 2.45) is 5.92 Å². The van der Waals surface area contributed by atoms with Gasteiger partial charge >= 0.3 is 5.97 Å². The molecule has 0 bridgehead atoms. The minimum Gasteiger partial charge on any atom is -0.478 e.